The van der Waals surface area contributed by atoms with Crippen LogP contribution in [-0.4, -0.2) is 48.3 Å². The molecular formula is C15H28N2O3. The molecule has 1 saturated heterocycles. The van der Waals surface area contributed by atoms with E-state index >= 15 is 0 Å². The number of carboxylic acids is 1. The Morgan fingerprint density at radius 3 is 2.55 bits per heavy atom. The number of morpholine rings is 1. The van der Waals surface area contributed by atoms with Crippen LogP contribution in [0.15, 0.2) is 12.4 Å². The Morgan fingerprint density at radius 1 is 1.45 bits per heavy atom. The highest BCUT2D eigenvalue weighted by Gasteiger charge is 2.24. The lowest BCUT2D eigenvalue weighted by Crippen LogP contribution is -2.45. The molecule has 116 valence electrons. The molecule has 0 aliphatic carbocycles. The lowest BCUT2D eigenvalue weighted by Gasteiger charge is -2.33. The number of nitrogens with one attached hydrogen (secondary N) is 1. The van der Waals surface area contributed by atoms with Crippen molar-refractivity contribution in [2.75, 3.05) is 26.3 Å². The summed E-state index contributed by atoms with van der Waals surface area (Å²) >= 11 is 0. The zero-order valence-electron chi connectivity index (χ0n) is 12.9. The van der Waals surface area contributed by atoms with E-state index in [2.05, 4.69) is 32.7 Å². The zero-order valence-corrected chi connectivity index (χ0v) is 12.9. The maximum atomic E-state index is 11.4. The summed E-state index contributed by atoms with van der Waals surface area (Å²) in [6.07, 6.45) is 2.53. The maximum absolute atomic E-state index is 11.4. The van der Waals surface area contributed by atoms with E-state index in [-0.39, 0.29) is 5.41 Å². The number of rotatable bonds is 8. The molecule has 0 spiro atoms. The second kappa shape index (κ2) is 7.53. The van der Waals surface area contributed by atoms with Gasteiger partial charge in [-0.15, -0.1) is 0 Å². The smallest absolute Gasteiger partial charge is 0.326 e. The second-order valence-electron chi connectivity index (χ2n) is 6.14. The molecule has 0 aromatic heterocycles. The van der Waals surface area contributed by atoms with Crippen LogP contribution in [0.4, 0.5) is 0 Å². The minimum Gasteiger partial charge on any atom is -0.480 e. The molecule has 0 bridgehead atoms. The van der Waals surface area contributed by atoms with Gasteiger partial charge in [0, 0.05) is 13.1 Å². The highest BCUT2D eigenvalue weighted by Crippen LogP contribution is 2.27. The molecule has 20 heavy (non-hydrogen) atoms. The number of hydrogen-bond donors (Lipinski definition) is 2. The number of nitrogens with zero attached hydrogens (tertiary/aromatic N) is 1. The van der Waals surface area contributed by atoms with Crippen molar-refractivity contribution in [3.05, 3.63) is 12.4 Å². The predicted molar refractivity (Wildman–Crippen MR) is 79.4 cm³/mol. The van der Waals surface area contributed by atoms with E-state index in [0.717, 1.165) is 25.9 Å². The summed E-state index contributed by atoms with van der Waals surface area (Å²) in [5, 5.41) is 12.4. The van der Waals surface area contributed by atoms with Crippen molar-refractivity contribution in [3.8, 4) is 0 Å². The van der Waals surface area contributed by atoms with Crippen LogP contribution in [0.3, 0.4) is 0 Å². The van der Waals surface area contributed by atoms with Crippen LogP contribution < -0.4 is 5.32 Å². The first-order chi connectivity index (χ1) is 9.35. The van der Waals surface area contributed by atoms with Crippen molar-refractivity contribution in [1.29, 1.82) is 0 Å². The number of carboxylic acid groups (broad SMARTS) is 1. The average molecular weight is 284 g/mol. The Bertz CT molecular complexity index is 336. The van der Waals surface area contributed by atoms with Gasteiger partial charge in [-0.25, -0.2) is 4.79 Å². The van der Waals surface area contributed by atoms with E-state index in [0.29, 0.717) is 25.5 Å². The molecule has 0 amide bonds. The van der Waals surface area contributed by atoms with Crippen LogP contribution in [0.5, 0.6) is 0 Å². The van der Waals surface area contributed by atoms with Crippen molar-refractivity contribution < 1.29 is 14.6 Å². The minimum absolute atomic E-state index is 0.176. The monoisotopic (exact) mass is 284 g/mol. The van der Waals surface area contributed by atoms with E-state index in [1.807, 2.05) is 4.90 Å². The molecule has 1 fully saturated rings. The summed E-state index contributed by atoms with van der Waals surface area (Å²) in [4.78, 5) is 13.4. The molecule has 1 rings (SSSR count). The van der Waals surface area contributed by atoms with E-state index in [4.69, 9.17) is 4.74 Å². The second-order valence-corrected chi connectivity index (χ2v) is 6.14. The summed E-state index contributed by atoms with van der Waals surface area (Å²) in [7, 11) is 0. The molecular weight excluding hydrogens is 256 g/mol. The lowest BCUT2D eigenvalue weighted by atomic mass is 9.84. The summed E-state index contributed by atoms with van der Waals surface area (Å²) in [6, 6.07) is -0.573. The summed E-state index contributed by atoms with van der Waals surface area (Å²) in [5.74, 6) is -0.124. The fraction of sp³-hybridized carbons (Fsp3) is 0.800. The Hall–Kier alpha value is -1.23. The first-order valence-corrected chi connectivity index (χ1v) is 7.36. The summed E-state index contributed by atoms with van der Waals surface area (Å²) < 4.78 is 5.28. The average Bonchev–Trinajstić information content (AvgIpc) is 2.43. The molecule has 5 nitrogen and oxygen atoms in total. The predicted octanol–water partition coefficient (Wildman–Crippen LogP) is 2.05. The molecule has 0 radical (unpaired) electrons. The van der Waals surface area contributed by atoms with Crippen molar-refractivity contribution in [2.45, 2.75) is 46.1 Å². The number of ether oxygens (including phenoxy) is 1. The first kappa shape index (κ1) is 16.8. The van der Waals surface area contributed by atoms with Crippen LogP contribution in [0.1, 0.15) is 40.0 Å². The Morgan fingerprint density at radius 2 is 2.05 bits per heavy atom. The van der Waals surface area contributed by atoms with Gasteiger partial charge >= 0.3 is 5.97 Å². The molecule has 2 N–H and O–H groups in total. The van der Waals surface area contributed by atoms with Crippen LogP contribution in [0.25, 0.3) is 0 Å². The molecule has 0 saturated carbocycles. The van der Waals surface area contributed by atoms with Crippen LogP contribution in [-0.2, 0) is 9.53 Å². The number of hydrogen-bond acceptors (Lipinski definition) is 4. The van der Waals surface area contributed by atoms with Crippen LogP contribution in [0.2, 0.25) is 0 Å². The summed E-state index contributed by atoms with van der Waals surface area (Å²) in [5.41, 5.74) is 0.176. The normalized spacial score (nSPS) is 17.6. The van der Waals surface area contributed by atoms with Gasteiger partial charge in [0.25, 0.3) is 0 Å². The number of carbonyl (C=O) groups is 1. The SMILES string of the molecule is C=C(N[C@@H](CCC(C)(C)CC)C(=O)O)N1CCOCC1. The third kappa shape index (κ3) is 5.41. The maximum Gasteiger partial charge on any atom is 0.326 e. The fourth-order valence-corrected chi connectivity index (χ4v) is 2.09. The van der Waals surface area contributed by atoms with Gasteiger partial charge in [-0.1, -0.05) is 33.8 Å². The molecule has 0 unspecified atom stereocenters. The molecule has 1 aliphatic heterocycles. The van der Waals surface area contributed by atoms with Crippen molar-refractivity contribution >= 4 is 5.97 Å². The quantitative estimate of drug-likeness (QED) is 0.714. The Balaban J connectivity index is 2.49. The van der Waals surface area contributed by atoms with Gasteiger partial charge in [0.15, 0.2) is 0 Å². The van der Waals surface area contributed by atoms with E-state index < -0.39 is 12.0 Å². The Labute approximate surface area is 122 Å². The highest BCUT2D eigenvalue weighted by molar-refractivity contribution is 5.73. The molecule has 0 aromatic rings. The van der Waals surface area contributed by atoms with Gasteiger partial charge in [-0.3, -0.25) is 0 Å². The number of aliphatic carboxylic acids is 1. The van der Waals surface area contributed by atoms with Crippen molar-refractivity contribution in [1.82, 2.24) is 10.2 Å². The topological polar surface area (TPSA) is 61.8 Å². The fourth-order valence-electron chi connectivity index (χ4n) is 2.09. The van der Waals surface area contributed by atoms with E-state index in [1.165, 1.54) is 0 Å². The highest BCUT2D eigenvalue weighted by atomic mass is 16.5. The van der Waals surface area contributed by atoms with Gasteiger partial charge in [-0.05, 0) is 18.3 Å². The van der Waals surface area contributed by atoms with Gasteiger partial charge < -0.3 is 20.1 Å². The van der Waals surface area contributed by atoms with Gasteiger partial charge in [0.2, 0.25) is 0 Å². The molecule has 0 aromatic carbocycles. The lowest BCUT2D eigenvalue weighted by molar-refractivity contribution is -0.139. The van der Waals surface area contributed by atoms with Gasteiger partial charge in [0.05, 0.1) is 19.0 Å². The molecule has 1 heterocycles. The molecule has 1 atom stereocenters. The van der Waals surface area contributed by atoms with Crippen molar-refractivity contribution in [2.24, 2.45) is 5.41 Å². The zero-order chi connectivity index (χ0) is 15.2. The molecule has 1 aliphatic rings. The third-order valence-electron chi connectivity index (χ3n) is 4.10. The van der Waals surface area contributed by atoms with E-state index in [9.17, 15) is 9.90 Å². The van der Waals surface area contributed by atoms with Gasteiger partial charge in [0.1, 0.15) is 6.04 Å². The largest absolute Gasteiger partial charge is 0.480 e. The van der Waals surface area contributed by atoms with Gasteiger partial charge in [-0.2, -0.15) is 0 Å². The standard InChI is InChI=1S/C15H28N2O3/c1-5-15(3,4)7-6-13(14(18)19)16-12(2)17-8-10-20-11-9-17/h13,16H,2,5-11H2,1,3-4H3,(H,18,19)/t13-/m0/s1. The van der Waals surface area contributed by atoms with Crippen LogP contribution >= 0.6 is 0 Å². The molecule has 5 heteroatoms. The first-order valence-electron chi connectivity index (χ1n) is 7.36. The van der Waals surface area contributed by atoms with Crippen molar-refractivity contribution in [3.63, 3.8) is 0 Å². The van der Waals surface area contributed by atoms with Crippen LogP contribution in [0, 0.1) is 5.41 Å². The third-order valence-corrected chi connectivity index (χ3v) is 4.10. The van der Waals surface area contributed by atoms with E-state index in [1.54, 1.807) is 0 Å². The minimum atomic E-state index is -0.814. The Kier molecular flexibility index (Phi) is 6.33. The summed E-state index contributed by atoms with van der Waals surface area (Å²) in [6.45, 7) is 13.3.